The maximum atomic E-state index is 14.0. The van der Waals surface area contributed by atoms with Crippen molar-refractivity contribution in [2.45, 2.75) is 46.2 Å². The second-order valence-electron chi connectivity index (χ2n) is 5.63. The van der Waals surface area contributed by atoms with Crippen LogP contribution in [-0.4, -0.2) is 6.04 Å². The molecule has 1 heterocycles. The van der Waals surface area contributed by atoms with Gasteiger partial charge in [-0.15, -0.1) is 11.3 Å². The molecule has 2 aromatic rings. The van der Waals surface area contributed by atoms with Crippen LogP contribution in [0, 0.1) is 25.5 Å². The minimum atomic E-state index is -0.360. The maximum absolute atomic E-state index is 14.0. The topological polar surface area (TPSA) is 12.0 Å². The van der Waals surface area contributed by atoms with Crippen LogP contribution in [-0.2, 0) is 6.42 Å². The number of benzene rings is 1. The van der Waals surface area contributed by atoms with Crippen molar-refractivity contribution in [1.29, 1.82) is 0 Å². The normalized spacial score (nSPS) is 14.2. The van der Waals surface area contributed by atoms with Crippen LogP contribution in [0.25, 0.3) is 0 Å². The Balaban J connectivity index is 2.03. The average molecular weight is 309 g/mol. The molecule has 1 aromatic carbocycles. The Hall–Kier alpha value is -1.26. The molecular weight excluding hydrogens is 288 g/mol. The molecule has 2 unspecified atom stereocenters. The predicted molar refractivity (Wildman–Crippen MR) is 84.9 cm³/mol. The molecule has 0 spiro atoms. The first-order chi connectivity index (χ1) is 9.86. The van der Waals surface area contributed by atoms with Gasteiger partial charge in [0.1, 0.15) is 11.6 Å². The summed E-state index contributed by atoms with van der Waals surface area (Å²) in [6.45, 7) is 7.58. The number of hydrogen-bond acceptors (Lipinski definition) is 2. The Morgan fingerprint density at radius 1 is 1.10 bits per heavy atom. The highest BCUT2D eigenvalue weighted by molar-refractivity contribution is 7.11. The van der Waals surface area contributed by atoms with Gasteiger partial charge in [0.15, 0.2) is 0 Å². The summed E-state index contributed by atoms with van der Waals surface area (Å²) in [6, 6.07) is 6.75. The second kappa shape index (κ2) is 6.67. The summed E-state index contributed by atoms with van der Waals surface area (Å²) in [5.74, 6) is -0.713. The van der Waals surface area contributed by atoms with E-state index in [-0.39, 0.29) is 23.7 Å². The van der Waals surface area contributed by atoms with Crippen molar-refractivity contribution in [3.05, 3.63) is 56.8 Å². The van der Waals surface area contributed by atoms with E-state index < -0.39 is 0 Å². The Bertz CT molecular complexity index is 621. The molecule has 0 fully saturated rings. The zero-order chi connectivity index (χ0) is 15.6. The molecule has 0 saturated heterocycles. The van der Waals surface area contributed by atoms with E-state index in [1.54, 1.807) is 18.3 Å². The summed E-state index contributed by atoms with van der Waals surface area (Å²) >= 11 is 1.77. The molecule has 4 heteroatoms. The van der Waals surface area contributed by atoms with Crippen molar-refractivity contribution < 1.29 is 8.78 Å². The van der Waals surface area contributed by atoms with Gasteiger partial charge in [-0.2, -0.15) is 0 Å². The third-order valence-corrected chi connectivity index (χ3v) is 4.61. The Morgan fingerprint density at radius 3 is 2.43 bits per heavy atom. The van der Waals surface area contributed by atoms with Crippen LogP contribution in [0.1, 0.15) is 40.8 Å². The molecule has 0 aliphatic heterocycles. The highest BCUT2D eigenvalue weighted by atomic mass is 32.1. The first-order valence-corrected chi connectivity index (χ1v) is 7.95. The third kappa shape index (κ3) is 4.11. The molecule has 1 N–H and O–H groups in total. The molecule has 114 valence electrons. The van der Waals surface area contributed by atoms with Crippen LogP contribution in [0.2, 0.25) is 0 Å². The highest BCUT2D eigenvalue weighted by Crippen LogP contribution is 2.22. The number of nitrogens with one attached hydrogen (secondary N) is 1. The van der Waals surface area contributed by atoms with Gasteiger partial charge in [0, 0.05) is 27.4 Å². The van der Waals surface area contributed by atoms with Gasteiger partial charge in [-0.05, 0) is 63.9 Å². The lowest BCUT2D eigenvalue weighted by atomic mass is 10.0. The van der Waals surface area contributed by atoms with Gasteiger partial charge in [-0.1, -0.05) is 0 Å². The fourth-order valence-electron chi connectivity index (χ4n) is 2.47. The number of hydrogen-bond donors (Lipinski definition) is 1. The summed E-state index contributed by atoms with van der Waals surface area (Å²) in [7, 11) is 0. The fourth-order valence-corrected chi connectivity index (χ4v) is 3.48. The van der Waals surface area contributed by atoms with Crippen molar-refractivity contribution in [1.82, 2.24) is 5.32 Å². The minimum Gasteiger partial charge on any atom is -0.307 e. The summed E-state index contributed by atoms with van der Waals surface area (Å²) in [5, 5.41) is 3.34. The average Bonchev–Trinajstić information content (AvgIpc) is 2.78. The Labute approximate surface area is 129 Å². The van der Waals surface area contributed by atoms with E-state index in [2.05, 4.69) is 31.3 Å². The molecule has 0 radical (unpaired) electrons. The van der Waals surface area contributed by atoms with E-state index in [1.807, 2.05) is 6.92 Å². The standard InChI is InChI=1S/C17H21F2NS/c1-10-7-17(19)15(9-16(10)18)13(4)20-11(2)8-14-6-5-12(3)21-14/h5-7,9,11,13,20H,8H2,1-4H3. The molecular formula is C17H21F2NS. The molecule has 0 bridgehead atoms. The third-order valence-electron chi connectivity index (χ3n) is 3.58. The number of halogens is 2. The first kappa shape index (κ1) is 16.1. The van der Waals surface area contributed by atoms with E-state index in [1.165, 1.54) is 21.9 Å². The van der Waals surface area contributed by atoms with Gasteiger partial charge in [-0.3, -0.25) is 0 Å². The van der Waals surface area contributed by atoms with E-state index >= 15 is 0 Å². The van der Waals surface area contributed by atoms with Crippen molar-refractivity contribution >= 4 is 11.3 Å². The van der Waals surface area contributed by atoms with Crippen LogP contribution >= 0.6 is 11.3 Å². The van der Waals surface area contributed by atoms with Crippen molar-refractivity contribution in [3.8, 4) is 0 Å². The summed E-state index contributed by atoms with van der Waals surface area (Å²) in [5.41, 5.74) is 0.720. The van der Waals surface area contributed by atoms with Crippen LogP contribution in [0.4, 0.5) is 8.78 Å². The SMILES string of the molecule is Cc1ccc(CC(C)NC(C)c2cc(F)c(C)cc2F)s1. The quantitative estimate of drug-likeness (QED) is 0.826. The molecule has 0 aliphatic carbocycles. The lowest BCUT2D eigenvalue weighted by molar-refractivity contribution is 0.458. The predicted octanol–water partition coefficient (Wildman–Crippen LogP) is 4.92. The summed E-state index contributed by atoms with van der Waals surface area (Å²) in [4.78, 5) is 2.59. The van der Waals surface area contributed by atoms with E-state index in [9.17, 15) is 8.78 Å². The monoisotopic (exact) mass is 309 g/mol. The van der Waals surface area contributed by atoms with Gasteiger partial charge in [0.05, 0.1) is 0 Å². The maximum Gasteiger partial charge on any atom is 0.128 e. The Kier molecular flexibility index (Phi) is 5.12. The zero-order valence-electron chi connectivity index (χ0n) is 12.8. The molecule has 2 rings (SSSR count). The number of aryl methyl sites for hydroxylation is 2. The van der Waals surface area contributed by atoms with Gasteiger partial charge < -0.3 is 5.32 Å². The van der Waals surface area contributed by atoms with Crippen molar-refractivity contribution in [2.75, 3.05) is 0 Å². The molecule has 1 nitrogen and oxygen atoms in total. The Morgan fingerprint density at radius 2 is 1.81 bits per heavy atom. The molecule has 2 atom stereocenters. The van der Waals surface area contributed by atoms with Crippen LogP contribution in [0.15, 0.2) is 24.3 Å². The molecule has 1 aromatic heterocycles. The van der Waals surface area contributed by atoms with E-state index in [0.29, 0.717) is 11.1 Å². The molecule has 0 saturated carbocycles. The number of rotatable bonds is 5. The zero-order valence-corrected chi connectivity index (χ0v) is 13.7. The first-order valence-electron chi connectivity index (χ1n) is 7.13. The second-order valence-corrected chi connectivity index (χ2v) is 7.00. The van der Waals surface area contributed by atoms with Gasteiger partial charge in [-0.25, -0.2) is 8.78 Å². The smallest absolute Gasteiger partial charge is 0.128 e. The van der Waals surface area contributed by atoms with E-state index in [0.717, 1.165) is 6.42 Å². The molecule has 21 heavy (non-hydrogen) atoms. The van der Waals surface area contributed by atoms with Crippen molar-refractivity contribution in [2.24, 2.45) is 0 Å². The summed E-state index contributed by atoms with van der Waals surface area (Å²) in [6.07, 6.45) is 0.888. The van der Waals surface area contributed by atoms with Crippen LogP contribution in [0.3, 0.4) is 0 Å². The minimum absolute atomic E-state index is 0.196. The summed E-state index contributed by atoms with van der Waals surface area (Å²) < 4.78 is 27.6. The molecule has 0 aliphatic rings. The lowest BCUT2D eigenvalue weighted by Crippen LogP contribution is -2.31. The lowest BCUT2D eigenvalue weighted by Gasteiger charge is -2.21. The highest BCUT2D eigenvalue weighted by Gasteiger charge is 2.16. The number of thiophene rings is 1. The molecule has 0 amide bonds. The largest absolute Gasteiger partial charge is 0.307 e. The van der Waals surface area contributed by atoms with Gasteiger partial charge in [0.25, 0.3) is 0 Å². The van der Waals surface area contributed by atoms with Crippen LogP contribution in [0.5, 0.6) is 0 Å². The van der Waals surface area contributed by atoms with Crippen molar-refractivity contribution in [3.63, 3.8) is 0 Å². The van der Waals surface area contributed by atoms with Gasteiger partial charge in [0.2, 0.25) is 0 Å². The fraction of sp³-hybridized carbons (Fsp3) is 0.412. The van der Waals surface area contributed by atoms with Gasteiger partial charge >= 0.3 is 0 Å². The van der Waals surface area contributed by atoms with Crippen LogP contribution < -0.4 is 5.32 Å². The van der Waals surface area contributed by atoms with E-state index in [4.69, 9.17) is 0 Å².